The predicted molar refractivity (Wildman–Crippen MR) is 69.3 cm³/mol. The summed E-state index contributed by atoms with van der Waals surface area (Å²) in [6.07, 6.45) is 3.73. The van der Waals surface area contributed by atoms with Crippen molar-refractivity contribution in [1.29, 1.82) is 0 Å². The van der Waals surface area contributed by atoms with Crippen molar-refractivity contribution in [2.45, 2.75) is 58.3 Å². The molecule has 5 heteroatoms. The van der Waals surface area contributed by atoms with E-state index < -0.39 is 0 Å². The summed E-state index contributed by atoms with van der Waals surface area (Å²) in [7, 11) is 0. The maximum absolute atomic E-state index is 5.80. The molecule has 1 N–H and O–H groups in total. The molecular formula is C12H21N3OS. The van der Waals surface area contributed by atoms with E-state index in [-0.39, 0.29) is 6.10 Å². The topological polar surface area (TPSA) is 47.0 Å². The molecule has 2 atom stereocenters. The van der Waals surface area contributed by atoms with Crippen molar-refractivity contribution < 1.29 is 4.74 Å². The van der Waals surface area contributed by atoms with Crippen LogP contribution in [0.2, 0.25) is 0 Å². The number of ether oxygens (including phenoxy) is 1. The van der Waals surface area contributed by atoms with Crippen molar-refractivity contribution in [3.63, 3.8) is 0 Å². The van der Waals surface area contributed by atoms with Crippen molar-refractivity contribution in [2.75, 3.05) is 6.54 Å². The van der Waals surface area contributed by atoms with Crippen molar-refractivity contribution >= 4 is 11.3 Å². The zero-order valence-corrected chi connectivity index (χ0v) is 11.6. The van der Waals surface area contributed by atoms with Gasteiger partial charge >= 0.3 is 0 Å². The van der Waals surface area contributed by atoms with E-state index in [9.17, 15) is 0 Å². The average molecular weight is 255 g/mol. The molecule has 1 aliphatic heterocycles. The average Bonchev–Trinajstić information content (AvgIpc) is 2.86. The van der Waals surface area contributed by atoms with Gasteiger partial charge in [-0.2, -0.15) is 0 Å². The van der Waals surface area contributed by atoms with E-state index in [0.717, 1.165) is 35.8 Å². The molecule has 17 heavy (non-hydrogen) atoms. The first-order chi connectivity index (χ1) is 8.15. The van der Waals surface area contributed by atoms with Gasteiger partial charge in [0.1, 0.15) is 16.1 Å². The van der Waals surface area contributed by atoms with Crippen molar-refractivity contribution in [3.05, 3.63) is 10.0 Å². The monoisotopic (exact) mass is 255 g/mol. The first-order valence-electron chi connectivity index (χ1n) is 6.36. The molecule has 96 valence electrons. The van der Waals surface area contributed by atoms with E-state index in [1.807, 2.05) is 0 Å². The molecule has 0 saturated carbocycles. The van der Waals surface area contributed by atoms with Crippen LogP contribution in [0.15, 0.2) is 0 Å². The highest BCUT2D eigenvalue weighted by Gasteiger charge is 2.26. The second-order valence-corrected chi connectivity index (χ2v) is 6.00. The Morgan fingerprint density at radius 2 is 2.24 bits per heavy atom. The van der Waals surface area contributed by atoms with Crippen molar-refractivity contribution in [2.24, 2.45) is 0 Å². The highest BCUT2D eigenvalue weighted by Crippen LogP contribution is 2.33. The summed E-state index contributed by atoms with van der Waals surface area (Å²) in [6.45, 7) is 7.39. The lowest BCUT2D eigenvalue weighted by Crippen LogP contribution is -2.24. The molecule has 0 aromatic carbocycles. The molecule has 1 aromatic rings. The number of hydrogen-bond donors (Lipinski definition) is 1. The fourth-order valence-electron chi connectivity index (χ4n) is 1.95. The quantitative estimate of drug-likeness (QED) is 0.877. The lowest BCUT2D eigenvalue weighted by Gasteiger charge is -2.06. The highest BCUT2D eigenvalue weighted by atomic mass is 32.1. The van der Waals surface area contributed by atoms with Gasteiger partial charge in [-0.05, 0) is 19.8 Å². The molecule has 1 aliphatic rings. The lowest BCUT2D eigenvalue weighted by molar-refractivity contribution is 0.0550. The lowest BCUT2D eigenvalue weighted by atomic mass is 10.2. The van der Waals surface area contributed by atoms with E-state index in [0.29, 0.717) is 12.1 Å². The fourth-order valence-corrected chi connectivity index (χ4v) is 2.86. The Kier molecular flexibility index (Phi) is 4.48. The van der Waals surface area contributed by atoms with Gasteiger partial charge in [-0.25, -0.2) is 0 Å². The molecule has 2 rings (SSSR count). The van der Waals surface area contributed by atoms with Crippen LogP contribution in [-0.4, -0.2) is 28.9 Å². The number of aromatic nitrogens is 2. The summed E-state index contributed by atoms with van der Waals surface area (Å²) in [5.41, 5.74) is 0. The molecule has 0 spiro atoms. The number of rotatable bonds is 5. The second-order valence-electron chi connectivity index (χ2n) is 4.91. The maximum atomic E-state index is 5.80. The summed E-state index contributed by atoms with van der Waals surface area (Å²) in [4.78, 5) is 0. The number of hydrogen-bond acceptors (Lipinski definition) is 5. The Morgan fingerprint density at radius 1 is 1.41 bits per heavy atom. The molecule has 0 amide bonds. The van der Waals surface area contributed by atoms with Crippen LogP contribution >= 0.6 is 11.3 Å². The molecule has 1 aromatic heterocycles. The predicted octanol–water partition coefficient (Wildman–Crippen LogP) is 2.32. The Balaban J connectivity index is 1.83. The highest BCUT2D eigenvalue weighted by molar-refractivity contribution is 7.11. The zero-order chi connectivity index (χ0) is 12.3. The molecular weight excluding hydrogens is 234 g/mol. The van der Waals surface area contributed by atoms with Crippen LogP contribution in [0.4, 0.5) is 0 Å². The Labute approximate surface area is 107 Å². The molecule has 2 heterocycles. The Hall–Kier alpha value is -0.520. The summed E-state index contributed by atoms with van der Waals surface area (Å²) >= 11 is 1.70. The van der Waals surface area contributed by atoms with Crippen LogP contribution in [0.1, 0.15) is 49.7 Å². The molecule has 0 radical (unpaired) electrons. The third-order valence-corrected chi connectivity index (χ3v) is 3.96. The Bertz CT molecular complexity index is 353. The third-order valence-electron chi connectivity index (χ3n) is 2.88. The zero-order valence-electron chi connectivity index (χ0n) is 10.8. The molecule has 2 unspecified atom stereocenters. The van der Waals surface area contributed by atoms with E-state index in [2.05, 4.69) is 36.3 Å². The minimum atomic E-state index is 0.189. The summed E-state index contributed by atoms with van der Waals surface area (Å²) in [5.74, 6) is 0. The first-order valence-corrected chi connectivity index (χ1v) is 7.18. The van der Waals surface area contributed by atoms with Crippen LogP contribution in [-0.2, 0) is 11.2 Å². The minimum absolute atomic E-state index is 0.189. The smallest absolute Gasteiger partial charge is 0.146 e. The SMILES string of the molecule is CC(C)NCCc1nnc(C2CCC(C)O2)s1. The van der Waals surface area contributed by atoms with Crippen LogP contribution < -0.4 is 5.32 Å². The van der Waals surface area contributed by atoms with Crippen molar-refractivity contribution in [3.8, 4) is 0 Å². The fraction of sp³-hybridized carbons (Fsp3) is 0.833. The number of nitrogens with one attached hydrogen (secondary N) is 1. The number of nitrogens with zero attached hydrogens (tertiary/aromatic N) is 2. The van der Waals surface area contributed by atoms with Crippen molar-refractivity contribution in [1.82, 2.24) is 15.5 Å². The van der Waals surface area contributed by atoms with Gasteiger partial charge in [0.15, 0.2) is 0 Å². The molecule has 1 fully saturated rings. The van der Waals surface area contributed by atoms with E-state index in [1.165, 1.54) is 0 Å². The summed E-state index contributed by atoms with van der Waals surface area (Å²) < 4.78 is 5.80. The summed E-state index contributed by atoms with van der Waals surface area (Å²) in [5, 5.41) is 14.0. The van der Waals surface area contributed by atoms with Crippen LogP contribution in [0, 0.1) is 0 Å². The van der Waals surface area contributed by atoms with Crippen LogP contribution in [0.3, 0.4) is 0 Å². The minimum Gasteiger partial charge on any atom is -0.368 e. The van der Waals surface area contributed by atoms with E-state index >= 15 is 0 Å². The van der Waals surface area contributed by atoms with Crippen LogP contribution in [0.25, 0.3) is 0 Å². The van der Waals surface area contributed by atoms with Gasteiger partial charge in [-0.1, -0.05) is 25.2 Å². The first kappa shape index (κ1) is 12.9. The molecule has 0 aliphatic carbocycles. The van der Waals surface area contributed by atoms with E-state index in [1.54, 1.807) is 11.3 Å². The Morgan fingerprint density at radius 3 is 2.88 bits per heavy atom. The second kappa shape index (κ2) is 5.89. The normalized spacial score (nSPS) is 24.7. The largest absolute Gasteiger partial charge is 0.368 e. The van der Waals surface area contributed by atoms with Gasteiger partial charge in [0.2, 0.25) is 0 Å². The third kappa shape index (κ3) is 3.72. The maximum Gasteiger partial charge on any atom is 0.146 e. The summed E-state index contributed by atoms with van der Waals surface area (Å²) in [6, 6.07) is 0.529. The molecule has 0 bridgehead atoms. The van der Waals surface area contributed by atoms with Gasteiger partial charge in [0.25, 0.3) is 0 Å². The van der Waals surface area contributed by atoms with Gasteiger partial charge in [-0.15, -0.1) is 10.2 Å². The van der Waals surface area contributed by atoms with Gasteiger partial charge in [0, 0.05) is 19.0 Å². The molecule has 1 saturated heterocycles. The molecule has 4 nitrogen and oxygen atoms in total. The van der Waals surface area contributed by atoms with Crippen LogP contribution in [0.5, 0.6) is 0 Å². The van der Waals surface area contributed by atoms with Gasteiger partial charge in [0.05, 0.1) is 6.10 Å². The van der Waals surface area contributed by atoms with Gasteiger partial charge < -0.3 is 10.1 Å². The van der Waals surface area contributed by atoms with Gasteiger partial charge in [-0.3, -0.25) is 0 Å². The standard InChI is InChI=1S/C12H21N3OS/c1-8(2)13-7-6-11-14-15-12(17-11)10-5-4-9(3)16-10/h8-10,13H,4-7H2,1-3H3. The van der Waals surface area contributed by atoms with E-state index in [4.69, 9.17) is 4.74 Å².